The van der Waals surface area contributed by atoms with Gasteiger partial charge in [-0.3, -0.25) is 14.4 Å². The number of rotatable bonds is 4. The summed E-state index contributed by atoms with van der Waals surface area (Å²) >= 11 is 0. The summed E-state index contributed by atoms with van der Waals surface area (Å²) in [6.07, 6.45) is 2.31. The highest BCUT2D eigenvalue weighted by Crippen LogP contribution is 2.45. The molecule has 1 aromatic rings. The van der Waals surface area contributed by atoms with Gasteiger partial charge in [-0.25, -0.2) is 4.79 Å². The second-order valence-electron chi connectivity index (χ2n) is 8.01. The Balaban J connectivity index is 1.52. The molecule has 2 aliphatic carbocycles. The van der Waals surface area contributed by atoms with Crippen LogP contribution in [0.2, 0.25) is 0 Å². The number of fused-ring (bicyclic) bond motifs is 3. The van der Waals surface area contributed by atoms with Crippen LogP contribution in [0.5, 0.6) is 5.75 Å². The number of ketones is 1. The van der Waals surface area contributed by atoms with Gasteiger partial charge in [-0.05, 0) is 30.7 Å². The van der Waals surface area contributed by atoms with E-state index in [0.717, 1.165) is 5.57 Å². The summed E-state index contributed by atoms with van der Waals surface area (Å²) in [5.41, 5.74) is 2.38. The maximum atomic E-state index is 12.7. The maximum absolute atomic E-state index is 12.7. The van der Waals surface area contributed by atoms with Crippen molar-refractivity contribution in [1.29, 1.82) is 0 Å². The van der Waals surface area contributed by atoms with E-state index in [0.29, 0.717) is 23.3 Å². The van der Waals surface area contributed by atoms with Gasteiger partial charge in [0.15, 0.2) is 5.78 Å². The van der Waals surface area contributed by atoms with Crippen molar-refractivity contribution >= 4 is 23.7 Å². The van der Waals surface area contributed by atoms with Crippen molar-refractivity contribution in [2.45, 2.75) is 38.9 Å². The summed E-state index contributed by atoms with van der Waals surface area (Å²) in [7, 11) is 0. The largest absolute Gasteiger partial charge is 0.461 e. The van der Waals surface area contributed by atoms with Gasteiger partial charge in [0.2, 0.25) is 0 Å². The summed E-state index contributed by atoms with van der Waals surface area (Å²) in [6.45, 7) is 7.01. The number of hydrogen-bond acceptors (Lipinski definition) is 7. The summed E-state index contributed by atoms with van der Waals surface area (Å²) < 4.78 is 16.3. The molecule has 3 aliphatic rings. The van der Waals surface area contributed by atoms with Crippen molar-refractivity contribution < 1.29 is 33.4 Å². The van der Waals surface area contributed by atoms with Crippen LogP contribution in [-0.4, -0.2) is 35.9 Å². The first kappa shape index (κ1) is 20.8. The quantitative estimate of drug-likeness (QED) is 0.418. The second kappa shape index (κ2) is 7.98. The Hall–Kier alpha value is -3.48. The predicted octanol–water partition coefficient (Wildman–Crippen LogP) is 2.64. The molecule has 1 aliphatic heterocycles. The van der Waals surface area contributed by atoms with E-state index in [1.807, 2.05) is 6.92 Å². The number of carbonyl (C=O) groups is 4. The van der Waals surface area contributed by atoms with E-state index in [9.17, 15) is 19.2 Å². The van der Waals surface area contributed by atoms with Crippen LogP contribution in [0, 0.1) is 11.8 Å². The molecule has 0 bridgehead atoms. The summed E-state index contributed by atoms with van der Waals surface area (Å²) in [6, 6.07) is 6.56. The van der Waals surface area contributed by atoms with Gasteiger partial charge < -0.3 is 14.2 Å². The normalized spacial score (nSPS) is 26.8. The van der Waals surface area contributed by atoms with Crippen molar-refractivity contribution in [2.24, 2.45) is 11.8 Å². The molecule has 1 heterocycles. The molecule has 4 atom stereocenters. The van der Waals surface area contributed by atoms with Gasteiger partial charge in [-0.15, -0.1) is 0 Å². The fourth-order valence-electron chi connectivity index (χ4n) is 4.52. The minimum absolute atomic E-state index is 0.00734. The van der Waals surface area contributed by atoms with Crippen LogP contribution in [-0.2, 0) is 35.1 Å². The maximum Gasteiger partial charge on any atom is 0.334 e. The Morgan fingerprint density at radius 1 is 1.19 bits per heavy atom. The van der Waals surface area contributed by atoms with E-state index in [1.165, 1.54) is 13.0 Å². The number of esters is 3. The van der Waals surface area contributed by atoms with Crippen LogP contribution in [0.4, 0.5) is 0 Å². The smallest absolute Gasteiger partial charge is 0.334 e. The molecule has 160 valence electrons. The lowest BCUT2D eigenvalue weighted by atomic mass is 9.84. The van der Waals surface area contributed by atoms with Crippen LogP contribution >= 0.6 is 0 Å². The Bertz CT molecular complexity index is 1040. The summed E-state index contributed by atoms with van der Waals surface area (Å²) in [5.74, 6) is -2.00. The van der Waals surface area contributed by atoms with Gasteiger partial charge in [0.05, 0.1) is 12.3 Å². The highest BCUT2D eigenvalue weighted by atomic mass is 16.6. The summed E-state index contributed by atoms with van der Waals surface area (Å²) in [5, 5.41) is 0. The average Bonchev–Trinajstić information content (AvgIpc) is 3.18. The first-order valence-corrected chi connectivity index (χ1v) is 10.0. The standard InChI is InChI=1S/C24H22O7/c1-12-10-19(30-20(27)11-15-4-6-16(7-5-15)29-14(3)25)22-13(2)24(28)31-23(22)17-8-9-18(26)21(12)17/h4-9,17,19,22-23H,2,10-11H2,1,3H3/t17-,19-,22+,23+/m0/s1. The second-order valence-corrected chi connectivity index (χ2v) is 8.01. The molecule has 0 N–H and O–H groups in total. The first-order valence-electron chi connectivity index (χ1n) is 10.0. The fraction of sp³-hybridized carbons (Fsp3) is 0.333. The van der Waals surface area contributed by atoms with E-state index >= 15 is 0 Å². The molecule has 0 spiro atoms. The molecule has 0 radical (unpaired) electrons. The third kappa shape index (κ3) is 3.95. The van der Waals surface area contributed by atoms with Crippen LogP contribution in [0.25, 0.3) is 0 Å². The highest BCUT2D eigenvalue weighted by molar-refractivity contribution is 6.08. The zero-order valence-electron chi connectivity index (χ0n) is 17.3. The topological polar surface area (TPSA) is 96.0 Å². The minimum Gasteiger partial charge on any atom is -0.461 e. The average molecular weight is 422 g/mol. The predicted molar refractivity (Wildman–Crippen MR) is 109 cm³/mol. The Morgan fingerprint density at radius 3 is 2.58 bits per heavy atom. The van der Waals surface area contributed by atoms with Crippen molar-refractivity contribution in [3.8, 4) is 5.75 Å². The third-order valence-corrected chi connectivity index (χ3v) is 5.85. The molecular formula is C24H22O7. The van der Waals surface area contributed by atoms with Crippen LogP contribution in [0.3, 0.4) is 0 Å². The van der Waals surface area contributed by atoms with Crippen molar-refractivity contribution in [1.82, 2.24) is 0 Å². The van der Waals surface area contributed by atoms with Gasteiger partial charge in [-0.1, -0.05) is 30.4 Å². The molecular weight excluding hydrogens is 400 g/mol. The van der Waals surface area contributed by atoms with Crippen molar-refractivity contribution in [2.75, 3.05) is 0 Å². The molecule has 1 fully saturated rings. The molecule has 31 heavy (non-hydrogen) atoms. The van der Waals surface area contributed by atoms with Gasteiger partial charge in [0.25, 0.3) is 0 Å². The van der Waals surface area contributed by atoms with Crippen molar-refractivity contribution in [3.05, 3.63) is 65.3 Å². The SMILES string of the molecule is C=C1C(=O)O[C@H]2[C@H]1[C@@H](OC(=O)Cc1ccc(OC(C)=O)cc1)CC(C)=C1C(=O)C=C[C@@H]12. The molecule has 7 heteroatoms. The number of ether oxygens (including phenoxy) is 3. The van der Waals surface area contributed by atoms with E-state index in [4.69, 9.17) is 14.2 Å². The lowest BCUT2D eigenvalue weighted by Gasteiger charge is -2.26. The number of benzene rings is 1. The molecule has 0 amide bonds. The Kier molecular flexibility index (Phi) is 5.35. The van der Waals surface area contributed by atoms with E-state index in [2.05, 4.69) is 6.58 Å². The van der Waals surface area contributed by atoms with Gasteiger partial charge in [0, 0.05) is 30.4 Å². The van der Waals surface area contributed by atoms with Crippen LogP contribution in [0.1, 0.15) is 25.8 Å². The highest BCUT2D eigenvalue weighted by Gasteiger charge is 2.52. The van der Waals surface area contributed by atoms with E-state index in [-0.39, 0.29) is 23.7 Å². The molecule has 4 rings (SSSR count). The van der Waals surface area contributed by atoms with E-state index in [1.54, 1.807) is 30.3 Å². The number of hydrogen-bond donors (Lipinski definition) is 0. The van der Waals surface area contributed by atoms with Gasteiger partial charge in [0.1, 0.15) is 18.0 Å². The molecule has 1 aromatic carbocycles. The monoisotopic (exact) mass is 422 g/mol. The fourth-order valence-corrected chi connectivity index (χ4v) is 4.52. The molecule has 0 unspecified atom stereocenters. The molecule has 0 aromatic heterocycles. The third-order valence-electron chi connectivity index (χ3n) is 5.85. The lowest BCUT2D eigenvalue weighted by molar-refractivity contribution is -0.152. The van der Waals surface area contributed by atoms with Crippen LogP contribution < -0.4 is 4.74 Å². The first-order chi connectivity index (χ1) is 14.7. The minimum atomic E-state index is -0.656. The Labute approximate surface area is 179 Å². The number of allylic oxidation sites excluding steroid dienone is 1. The zero-order chi connectivity index (χ0) is 22.3. The van der Waals surface area contributed by atoms with Gasteiger partial charge >= 0.3 is 17.9 Å². The molecule has 7 nitrogen and oxygen atoms in total. The zero-order valence-corrected chi connectivity index (χ0v) is 17.3. The Morgan fingerprint density at radius 2 is 1.90 bits per heavy atom. The lowest BCUT2D eigenvalue weighted by Crippen LogP contribution is -2.35. The van der Waals surface area contributed by atoms with Crippen molar-refractivity contribution in [3.63, 3.8) is 0 Å². The van der Waals surface area contributed by atoms with Gasteiger partial charge in [-0.2, -0.15) is 0 Å². The molecule has 0 saturated carbocycles. The van der Waals surface area contributed by atoms with E-state index < -0.39 is 36.0 Å². The van der Waals surface area contributed by atoms with Crippen LogP contribution in [0.15, 0.2) is 59.7 Å². The molecule has 1 saturated heterocycles. The summed E-state index contributed by atoms with van der Waals surface area (Å²) in [4.78, 5) is 48.3. The number of carbonyl (C=O) groups excluding carboxylic acids is 4.